The lowest BCUT2D eigenvalue weighted by Gasteiger charge is -2.14. The number of carbonyl (C=O) groups excluding carboxylic acids is 1. The van der Waals surface area contributed by atoms with Crippen LogP contribution in [0.15, 0.2) is 12.1 Å². The fraction of sp³-hybridized carbons (Fsp3) is 0.462. The van der Waals surface area contributed by atoms with Crippen molar-refractivity contribution >= 4 is 17.4 Å². The SMILES string of the molecule is CCC(CO)C(=O)c1cc(Cl)c(OC)cc1C. The van der Waals surface area contributed by atoms with Crippen LogP contribution in [0, 0.1) is 12.8 Å². The highest BCUT2D eigenvalue weighted by Crippen LogP contribution is 2.29. The van der Waals surface area contributed by atoms with Gasteiger partial charge in [-0.1, -0.05) is 18.5 Å². The van der Waals surface area contributed by atoms with Crippen molar-refractivity contribution in [1.29, 1.82) is 0 Å². The molecular formula is C13H17ClO3. The summed E-state index contributed by atoms with van der Waals surface area (Å²) in [7, 11) is 1.53. The van der Waals surface area contributed by atoms with Gasteiger partial charge in [0, 0.05) is 11.5 Å². The maximum atomic E-state index is 12.1. The van der Waals surface area contributed by atoms with Crippen molar-refractivity contribution in [3.05, 3.63) is 28.3 Å². The summed E-state index contributed by atoms with van der Waals surface area (Å²) in [6.07, 6.45) is 0.610. The second kappa shape index (κ2) is 6.03. The number of hydrogen-bond donors (Lipinski definition) is 1. The van der Waals surface area contributed by atoms with E-state index in [-0.39, 0.29) is 18.3 Å². The van der Waals surface area contributed by atoms with Crippen LogP contribution >= 0.6 is 11.6 Å². The predicted molar refractivity (Wildman–Crippen MR) is 67.9 cm³/mol. The van der Waals surface area contributed by atoms with E-state index in [1.54, 1.807) is 12.1 Å². The quantitative estimate of drug-likeness (QED) is 0.824. The molecule has 1 rings (SSSR count). The minimum Gasteiger partial charge on any atom is -0.495 e. The molecule has 0 amide bonds. The van der Waals surface area contributed by atoms with Crippen molar-refractivity contribution in [2.75, 3.05) is 13.7 Å². The predicted octanol–water partition coefficient (Wildman–Crippen LogP) is 2.86. The number of benzene rings is 1. The zero-order chi connectivity index (χ0) is 13.0. The highest BCUT2D eigenvalue weighted by molar-refractivity contribution is 6.32. The average Bonchev–Trinajstić information content (AvgIpc) is 2.32. The number of aliphatic hydroxyl groups is 1. The van der Waals surface area contributed by atoms with Gasteiger partial charge in [0.1, 0.15) is 5.75 Å². The number of hydrogen-bond acceptors (Lipinski definition) is 3. The first-order chi connectivity index (χ1) is 8.04. The molecule has 0 aliphatic heterocycles. The van der Waals surface area contributed by atoms with E-state index in [9.17, 15) is 4.79 Å². The highest BCUT2D eigenvalue weighted by atomic mass is 35.5. The number of Topliss-reactive ketones (excluding diaryl/α,β-unsaturated/α-hetero) is 1. The van der Waals surface area contributed by atoms with Gasteiger partial charge in [-0.2, -0.15) is 0 Å². The summed E-state index contributed by atoms with van der Waals surface area (Å²) in [4.78, 5) is 12.1. The van der Waals surface area contributed by atoms with E-state index in [1.807, 2.05) is 13.8 Å². The average molecular weight is 257 g/mol. The van der Waals surface area contributed by atoms with Gasteiger partial charge < -0.3 is 9.84 Å². The fourth-order valence-electron chi connectivity index (χ4n) is 1.69. The molecule has 0 saturated carbocycles. The summed E-state index contributed by atoms with van der Waals surface area (Å²) in [6, 6.07) is 3.34. The van der Waals surface area contributed by atoms with Crippen molar-refractivity contribution in [2.45, 2.75) is 20.3 Å². The van der Waals surface area contributed by atoms with Crippen LogP contribution in [0.25, 0.3) is 0 Å². The smallest absolute Gasteiger partial charge is 0.168 e. The Kier molecular flexibility index (Phi) is 4.97. The molecule has 1 N–H and O–H groups in total. The molecule has 0 heterocycles. The van der Waals surface area contributed by atoms with Gasteiger partial charge in [0.05, 0.1) is 18.7 Å². The molecule has 0 aromatic heterocycles. The van der Waals surface area contributed by atoms with Gasteiger partial charge in [-0.25, -0.2) is 0 Å². The van der Waals surface area contributed by atoms with E-state index < -0.39 is 0 Å². The van der Waals surface area contributed by atoms with Gasteiger partial charge in [-0.3, -0.25) is 4.79 Å². The molecule has 0 saturated heterocycles. The van der Waals surface area contributed by atoms with E-state index >= 15 is 0 Å². The molecular weight excluding hydrogens is 240 g/mol. The number of ether oxygens (including phenoxy) is 1. The van der Waals surface area contributed by atoms with Crippen LogP contribution in [-0.2, 0) is 0 Å². The Morgan fingerprint density at radius 1 is 1.53 bits per heavy atom. The van der Waals surface area contributed by atoms with Gasteiger partial charge in [0.25, 0.3) is 0 Å². The molecule has 94 valence electrons. The largest absolute Gasteiger partial charge is 0.495 e. The van der Waals surface area contributed by atoms with Crippen LogP contribution in [-0.4, -0.2) is 24.6 Å². The van der Waals surface area contributed by atoms with Gasteiger partial charge in [0.15, 0.2) is 5.78 Å². The Morgan fingerprint density at radius 3 is 2.65 bits per heavy atom. The maximum Gasteiger partial charge on any atom is 0.168 e. The summed E-state index contributed by atoms with van der Waals surface area (Å²) in [6.45, 7) is 3.56. The number of methoxy groups -OCH3 is 1. The first kappa shape index (κ1) is 14.0. The topological polar surface area (TPSA) is 46.5 Å². The Hall–Kier alpha value is -1.06. The summed E-state index contributed by atoms with van der Waals surface area (Å²) in [5.41, 5.74) is 1.36. The zero-order valence-corrected chi connectivity index (χ0v) is 11.0. The molecule has 1 atom stereocenters. The monoisotopic (exact) mass is 256 g/mol. The number of rotatable bonds is 5. The molecule has 1 aromatic carbocycles. The number of aryl methyl sites for hydroxylation is 1. The van der Waals surface area contributed by atoms with Gasteiger partial charge in [-0.05, 0) is 31.0 Å². The van der Waals surface area contributed by atoms with Crippen LogP contribution in [0.2, 0.25) is 5.02 Å². The lowest BCUT2D eigenvalue weighted by molar-refractivity contribution is 0.0856. The molecule has 0 fully saturated rings. The third kappa shape index (κ3) is 2.99. The van der Waals surface area contributed by atoms with Crippen molar-refractivity contribution in [1.82, 2.24) is 0 Å². The molecule has 0 radical (unpaired) electrons. The van der Waals surface area contributed by atoms with E-state index in [0.29, 0.717) is 22.8 Å². The molecule has 3 nitrogen and oxygen atoms in total. The molecule has 17 heavy (non-hydrogen) atoms. The third-order valence-corrected chi connectivity index (χ3v) is 3.14. The Labute approximate surface area is 106 Å². The van der Waals surface area contributed by atoms with Crippen molar-refractivity contribution in [3.8, 4) is 5.75 Å². The minimum atomic E-state index is -0.363. The number of aliphatic hydroxyl groups excluding tert-OH is 1. The van der Waals surface area contributed by atoms with E-state index in [4.69, 9.17) is 21.4 Å². The third-order valence-electron chi connectivity index (χ3n) is 2.85. The molecule has 0 spiro atoms. The second-order valence-corrected chi connectivity index (χ2v) is 4.36. The van der Waals surface area contributed by atoms with Crippen molar-refractivity contribution in [3.63, 3.8) is 0 Å². The lowest BCUT2D eigenvalue weighted by Crippen LogP contribution is -2.18. The van der Waals surface area contributed by atoms with Gasteiger partial charge in [0.2, 0.25) is 0 Å². The van der Waals surface area contributed by atoms with E-state index in [1.165, 1.54) is 7.11 Å². The molecule has 4 heteroatoms. The minimum absolute atomic E-state index is 0.0722. The summed E-state index contributed by atoms with van der Waals surface area (Å²) < 4.78 is 5.08. The number of halogens is 1. The zero-order valence-electron chi connectivity index (χ0n) is 10.3. The van der Waals surface area contributed by atoms with Crippen LogP contribution in [0.3, 0.4) is 0 Å². The molecule has 1 aromatic rings. The summed E-state index contributed by atoms with van der Waals surface area (Å²) in [5.74, 6) is 0.118. The standard InChI is InChI=1S/C13H17ClO3/c1-4-9(7-15)13(16)10-6-11(14)12(17-3)5-8(10)2/h5-6,9,15H,4,7H2,1-3H3. The molecule has 1 unspecified atom stereocenters. The van der Waals surface area contributed by atoms with Crippen LogP contribution in [0.5, 0.6) is 5.75 Å². The lowest BCUT2D eigenvalue weighted by atomic mass is 9.93. The molecule has 0 aliphatic carbocycles. The number of ketones is 1. The Balaban J connectivity index is 3.14. The molecule has 0 aliphatic rings. The van der Waals surface area contributed by atoms with Crippen molar-refractivity contribution < 1.29 is 14.6 Å². The van der Waals surface area contributed by atoms with Gasteiger partial charge in [-0.15, -0.1) is 0 Å². The van der Waals surface area contributed by atoms with E-state index in [0.717, 1.165) is 5.56 Å². The summed E-state index contributed by atoms with van der Waals surface area (Å²) >= 11 is 6.00. The van der Waals surface area contributed by atoms with Crippen molar-refractivity contribution in [2.24, 2.45) is 5.92 Å². The fourth-order valence-corrected chi connectivity index (χ4v) is 1.94. The van der Waals surface area contributed by atoms with Crippen LogP contribution < -0.4 is 4.74 Å². The number of carbonyl (C=O) groups is 1. The highest BCUT2D eigenvalue weighted by Gasteiger charge is 2.20. The molecule has 0 bridgehead atoms. The van der Waals surface area contributed by atoms with Crippen LogP contribution in [0.4, 0.5) is 0 Å². The second-order valence-electron chi connectivity index (χ2n) is 3.95. The van der Waals surface area contributed by atoms with Gasteiger partial charge >= 0.3 is 0 Å². The van der Waals surface area contributed by atoms with E-state index in [2.05, 4.69) is 0 Å². The Bertz CT molecular complexity index is 411. The van der Waals surface area contributed by atoms with Crippen LogP contribution in [0.1, 0.15) is 29.3 Å². The first-order valence-corrected chi connectivity index (χ1v) is 5.92. The maximum absolute atomic E-state index is 12.1. The summed E-state index contributed by atoms with van der Waals surface area (Å²) in [5, 5.41) is 9.55. The first-order valence-electron chi connectivity index (χ1n) is 5.54. The normalized spacial score (nSPS) is 12.3. The Morgan fingerprint density at radius 2 is 2.18 bits per heavy atom.